The van der Waals surface area contributed by atoms with Crippen molar-refractivity contribution in [1.29, 1.82) is 0 Å². The maximum Gasteiger partial charge on any atom is 0.288 e. The number of benzene rings is 2. The van der Waals surface area contributed by atoms with Crippen molar-refractivity contribution in [2.45, 2.75) is 6.92 Å². The molecule has 0 bridgehead atoms. The van der Waals surface area contributed by atoms with Gasteiger partial charge in [0.2, 0.25) is 0 Å². The molecular formula is C17H13BrN4O3. The number of rotatable bonds is 4. The summed E-state index contributed by atoms with van der Waals surface area (Å²) in [7, 11) is 0. The summed E-state index contributed by atoms with van der Waals surface area (Å²) >= 11 is 3.35. The molecular weight excluding hydrogens is 388 g/mol. The first-order valence-electron chi connectivity index (χ1n) is 7.31. The van der Waals surface area contributed by atoms with Crippen LogP contribution in [-0.4, -0.2) is 22.0 Å². The number of aromatic amines is 1. The van der Waals surface area contributed by atoms with E-state index in [0.29, 0.717) is 22.2 Å². The Morgan fingerprint density at radius 2 is 2.00 bits per heavy atom. The second kappa shape index (κ2) is 6.86. The van der Waals surface area contributed by atoms with Gasteiger partial charge in [0.25, 0.3) is 11.6 Å². The number of carbonyl (C=O) groups is 1. The summed E-state index contributed by atoms with van der Waals surface area (Å²) in [6.07, 6.45) is 1.53. The SMILES string of the molecule is Cc1c(C(=O)NN=Cc2ccc(Br)cc2)[nH]c2ccc([N+](=O)[O-])cc12. The molecule has 3 rings (SSSR count). The van der Waals surface area contributed by atoms with Crippen LogP contribution in [0.2, 0.25) is 0 Å². The number of nitrogens with zero attached hydrogens (tertiary/aromatic N) is 2. The van der Waals surface area contributed by atoms with E-state index in [9.17, 15) is 14.9 Å². The van der Waals surface area contributed by atoms with E-state index in [4.69, 9.17) is 0 Å². The van der Waals surface area contributed by atoms with E-state index in [-0.39, 0.29) is 5.69 Å². The van der Waals surface area contributed by atoms with Crippen LogP contribution in [0.5, 0.6) is 0 Å². The van der Waals surface area contributed by atoms with E-state index in [1.165, 1.54) is 18.3 Å². The molecule has 3 aromatic rings. The van der Waals surface area contributed by atoms with Crippen LogP contribution >= 0.6 is 15.9 Å². The highest BCUT2D eigenvalue weighted by Gasteiger charge is 2.16. The molecule has 0 aliphatic rings. The lowest BCUT2D eigenvalue weighted by atomic mass is 10.1. The third-order valence-electron chi connectivity index (χ3n) is 3.73. The van der Waals surface area contributed by atoms with Gasteiger partial charge in [-0.05, 0) is 36.2 Å². The highest BCUT2D eigenvalue weighted by atomic mass is 79.9. The number of hydrogen-bond acceptors (Lipinski definition) is 4. The molecule has 25 heavy (non-hydrogen) atoms. The first-order chi connectivity index (χ1) is 12.0. The molecule has 0 aliphatic heterocycles. The number of non-ortho nitro benzene ring substituents is 1. The minimum Gasteiger partial charge on any atom is -0.350 e. The zero-order chi connectivity index (χ0) is 18.0. The Labute approximate surface area is 151 Å². The number of nitro benzene ring substituents is 1. The number of aryl methyl sites for hydroxylation is 1. The fourth-order valence-corrected chi connectivity index (χ4v) is 2.69. The van der Waals surface area contributed by atoms with E-state index in [0.717, 1.165) is 10.0 Å². The minimum absolute atomic E-state index is 0.0187. The van der Waals surface area contributed by atoms with Crippen molar-refractivity contribution in [3.05, 3.63) is 73.9 Å². The molecule has 126 valence electrons. The second-order valence-electron chi connectivity index (χ2n) is 5.36. The summed E-state index contributed by atoms with van der Waals surface area (Å²) in [5.74, 6) is -0.412. The number of aromatic nitrogens is 1. The van der Waals surface area contributed by atoms with Gasteiger partial charge in [-0.2, -0.15) is 5.10 Å². The Morgan fingerprint density at radius 3 is 2.68 bits per heavy atom. The number of H-pyrrole nitrogens is 1. The smallest absolute Gasteiger partial charge is 0.288 e. The lowest BCUT2D eigenvalue weighted by Crippen LogP contribution is -2.18. The van der Waals surface area contributed by atoms with Gasteiger partial charge >= 0.3 is 0 Å². The van der Waals surface area contributed by atoms with Gasteiger partial charge in [-0.15, -0.1) is 0 Å². The van der Waals surface area contributed by atoms with Crippen LogP contribution in [0.3, 0.4) is 0 Å². The fraction of sp³-hybridized carbons (Fsp3) is 0.0588. The maximum atomic E-state index is 12.3. The Hall–Kier alpha value is -3.00. The predicted molar refractivity (Wildman–Crippen MR) is 98.9 cm³/mol. The van der Waals surface area contributed by atoms with Crippen LogP contribution in [0.25, 0.3) is 10.9 Å². The topological polar surface area (TPSA) is 100 Å². The number of carbonyl (C=O) groups excluding carboxylic acids is 1. The number of hydrogen-bond donors (Lipinski definition) is 2. The minimum atomic E-state index is -0.464. The standard InChI is InChI=1S/C17H13BrN4O3/c1-10-14-8-13(22(24)25)6-7-15(14)20-16(10)17(23)21-19-9-11-2-4-12(18)5-3-11/h2-9,20H,1H3,(H,21,23). The molecule has 2 aromatic carbocycles. The van der Waals surface area contributed by atoms with Crippen molar-refractivity contribution in [3.63, 3.8) is 0 Å². The van der Waals surface area contributed by atoms with Crippen LogP contribution in [-0.2, 0) is 0 Å². The predicted octanol–water partition coefficient (Wildman–Crippen LogP) is 3.91. The number of halogens is 1. The summed E-state index contributed by atoms with van der Waals surface area (Å²) in [5.41, 5.74) is 4.89. The van der Waals surface area contributed by atoms with Gasteiger partial charge in [0, 0.05) is 27.5 Å². The van der Waals surface area contributed by atoms with Crippen LogP contribution in [0.15, 0.2) is 52.0 Å². The highest BCUT2D eigenvalue weighted by Crippen LogP contribution is 2.25. The number of amides is 1. The van der Waals surface area contributed by atoms with Crippen LogP contribution in [0.4, 0.5) is 5.69 Å². The van der Waals surface area contributed by atoms with Crippen LogP contribution in [0.1, 0.15) is 21.6 Å². The lowest BCUT2D eigenvalue weighted by molar-refractivity contribution is -0.384. The highest BCUT2D eigenvalue weighted by molar-refractivity contribution is 9.10. The zero-order valence-electron chi connectivity index (χ0n) is 13.1. The van der Waals surface area contributed by atoms with Gasteiger partial charge in [0.1, 0.15) is 5.69 Å². The number of nitrogens with one attached hydrogen (secondary N) is 2. The van der Waals surface area contributed by atoms with Crippen LogP contribution in [0, 0.1) is 17.0 Å². The van der Waals surface area contributed by atoms with Crippen molar-refractivity contribution in [1.82, 2.24) is 10.4 Å². The van der Waals surface area contributed by atoms with E-state index in [1.807, 2.05) is 24.3 Å². The number of hydrazone groups is 1. The van der Waals surface area contributed by atoms with Gasteiger partial charge in [0.05, 0.1) is 11.1 Å². The summed E-state index contributed by atoms with van der Waals surface area (Å²) in [4.78, 5) is 25.7. The van der Waals surface area contributed by atoms with Crippen molar-refractivity contribution in [2.75, 3.05) is 0 Å². The molecule has 1 heterocycles. The molecule has 8 heteroatoms. The molecule has 7 nitrogen and oxygen atoms in total. The Balaban J connectivity index is 1.81. The van der Waals surface area contributed by atoms with Crippen molar-refractivity contribution in [2.24, 2.45) is 5.10 Å². The van der Waals surface area contributed by atoms with Gasteiger partial charge in [-0.25, -0.2) is 5.43 Å². The second-order valence-corrected chi connectivity index (χ2v) is 6.28. The van der Waals surface area contributed by atoms with E-state index < -0.39 is 10.8 Å². The Bertz CT molecular complexity index is 993. The van der Waals surface area contributed by atoms with E-state index >= 15 is 0 Å². The Morgan fingerprint density at radius 1 is 1.28 bits per heavy atom. The van der Waals surface area contributed by atoms with Crippen LogP contribution < -0.4 is 5.43 Å². The first kappa shape index (κ1) is 16.8. The van der Waals surface area contributed by atoms with Gasteiger partial charge in [0.15, 0.2) is 0 Å². The lowest BCUT2D eigenvalue weighted by Gasteiger charge is -1.99. The molecule has 0 unspecified atom stereocenters. The first-order valence-corrected chi connectivity index (χ1v) is 8.10. The summed E-state index contributed by atoms with van der Waals surface area (Å²) < 4.78 is 0.955. The monoisotopic (exact) mass is 400 g/mol. The average Bonchev–Trinajstić information content (AvgIpc) is 2.93. The van der Waals surface area contributed by atoms with Gasteiger partial charge < -0.3 is 4.98 Å². The average molecular weight is 401 g/mol. The van der Waals surface area contributed by atoms with Crippen molar-refractivity contribution in [3.8, 4) is 0 Å². The summed E-state index contributed by atoms with van der Waals surface area (Å²) in [6.45, 7) is 1.73. The molecule has 0 radical (unpaired) electrons. The maximum absolute atomic E-state index is 12.3. The van der Waals surface area contributed by atoms with Crippen molar-refractivity contribution >= 4 is 44.6 Å². The fourth-order valence-electron chi connectivity index (χ4n) is 2.43. The third-order valence-corrected chi connectivity index (χ3v) is 4.26. The molecule has 0 saturated carbocycles. The number of fused-ring (bicyclic) bond motifs is 1. The van der Waals surface area contributed by atoms with Gasteiger partial charge in [-0.3, -0.25) is 14.9 Å². The molecule has 1 aromatic heterocycles. The molecule has 0 fully saturated rings. The molecule has 0 saturated heterocycles. The number of nitro groups is 1. The third kappa shape index (κ3) is 3.58. The summed E-state index contributed by atoms with van der Waals surface area (Å²) in [5, 5.41) is 15.5. The van der Waals surface area contributed by atoms with Crippen molar-refractivity contribution < 1.29 is 9.72 Å². The molecule has 2 N–H and O–H groups in total. The molecule has 0 spiro atoms. The summed E-state index contributed by atoms with van der Waals surface area (Å²) in [6, 6.07) is 11.9. The zero-order valence-corrected chi connectivity index (χ0v) is 14.7. The normalized spacial score (nSPS) is 11.1. The van der Waals surface area contributed by atoms with Gasteiger partial charge in [-0.1, -0.05) is 28.1 Å². The largest absolute Gasteiger partial charge is 0.350 e. The van der Waals surface area contributed by atoms with E-state index in [1.54, 1.807) is 13.0 Å². The quantitative estimate of drug-likeness (QED) is 0.394. The molecule has 0 atom stereocenters. The molecule has 0 aliphatic carbocycles. The Kier molecular flexibility index (Phi) is 4.62. The molecule has 1 amide bonds. The van der Waals surface area contributed by atoms with E-state index in [2.05, 4.69) is 31.4 Å².